The van der Waals surface area contributed by atoms with Gasteiger partial charge in [-0.1, -0.05) is 6.07 Å². The Morgan fingerprint density at radius 2 is 2.29 bits per heavy atom. The lowest BCUT2D eigenvalue weighted by Crippen LogP contribution is -1.96. The zero-order valence-electron chi connectivity index (χ0n) is 10.6. The van der Waals surface area contributed by atoms with Crippen LogP contribution in [0.5, 0.6) is 0 Å². The molecular weight excluding hydrogens is 288 g/mol. The Morgan fingerprint density at radius 3 is 3.00 bits per heavy atom. The highest BCUT2D eigenvalue weighted by Crippen LogP contribution is 2.22. The molecule has 0 fully saturated rings. The number of hydrogen-bond donors (Lipinski definition) is 1. The molecule has 1 aromatic carbocycles. The van der Waals surface area contributed by atoms with Crippen LogP contribution in [0.4, 0.5) is 0 Å². The minimum Gasteiger partial charge on any atom is -0.478 e. The number of para-hydroxylation sites is 1. The van der Waals surface area contributed by atoms with Gasteiger partial charge in [-0.15, -0.1) is 11.3 Å². The molecule has 0 atom stereocenters. The molecule has 102 valence electrons. The summed E-state index contributed by atoms with van der Waals surface area (Å²) in [5, 5.41) is 19.6. The first-order valence-electron chi connectivity index (χ1n) is 5.97. The maximum absolute atomic E-state index is 11.1. The van der Waals surface area contributed by atoms with Crippen molar-refractivity contribution >= 4 is 40.6 Å². The predicted octanol–water partition coefficient (Wildman–Crippen LogP) is 3.63. The monoisotopic (exact) mass is 296 g/mol. The number of carboxylic acid groups (broad SMARTS) is 1. The number of carboxylic acids is 1. The summed E-state index contributed by atoms with van der Waals surface area (Å²) >= 11 is 1.44. The van der Waals surface area contributed by atoms with Gasteiger partial charge in [-0.2, -0.15) is 5.26 Å². The number of aromatic carboxylic acids is 1. The summed E-state index contributed by atoms with van der Waals surface area (Å²) in [6.45, 7) is 0. The highest BCUT2D eigenvalue weighted by atomic mass is 32.1. The van der Waals surface area contributed by atoms with E-state index in [9.17, 15) is 4.79 Å². The third-order valence-electron chi connectivity index (χ3n) is 2.80. The Hall–Kier alpha value is -2.91. The van der Waals surface area contributed by atoms with Crippen molar-refractivity contribution in [3.8, 4) is 6.07 Å². The predicted molar refractivity (Wildman–Crippen MR) is 78.9 cm³/mol. The second-order valence-corrected chi connectivity index (χ2v) is 5.14. The molecule has 0 radical (unpaired) electrons. The number of carbonyl (C=O) groups is 1. The number of oxazole rings is 1. The Morgan fingerprint density at radius 1 is 1.43 bits per heavy atom. The van der Waals surface area contributed by atoms with Gasteiger partial charge in [0.1, 0.15) is 11.6 Å². The van der Waals surface area contributed by atoms with Crippen LogP contribution in [0, 0.1) is 11.3 Å². The quantitative estimate of drug-likeness (QED) is 0.797. The molecule has 3 rings (SSSR count). The number of nitrogens with zero attached hydrogens (tertiary/aromatic N) is 2. The van der Waals surface area contributed by atoms with Gasteiger partial charge < -0.3 is 9.52 Å². The van der Waals surface area contributed by atoms with Crippen LogP contribution in [0.3, 0.4) is 0 Å². The van der Waals surface area contributed by atoms with Crippen molar-refractivity contribution in [2.24, 2.45) is 0 Å². The van der Waals surface area contributed by atoms with Crippen LogP contribution in [0.2, 0.25) is 0 Å². The molecular formula is C15H8N2O3S. The molecule has 3 aromatic rings. The molecule has 6 heteroatoms. The number of fused-ring (bicyclic) bond motifs is 1. The average Bonchev–Trinajstić information content (AvgIpc) is 3.10. The maximum atomic E-state index is 11.1. The minimum absolute atomic E-state index is 0.110. The summed E-state index contributed by atoms with van der Waals surface area (Å²) in [7, 11) is 0. The average molecular weight is 296 g/mol. The number of benzene rings is 1. The van der Waals surface area contributed by atoms with Gasteiger partial charge in [0.25, 0.3) is 0 Å². The molecule has 0 spiro atoms. The molecule has 0 bridgehead atoms. The largest absolute Gasteiger partial charge is 0.478 e. The molecule has 0 amide bonds. The van der Waals surface area contributed by atoms with E-state index in [2.05, 4.69) is 11.1 Å². The summed E-state index contributed by atoms with van der Waals surface area (Å²) in [4.78, 5) is 16.2. The van der Waals surface area contributed by atoms with E-state index >= 15 is 0 Å². The van der Waals surface area contributed by atoms with E-state index in [1.165, 1.54) is 17.4 Å². The number of thiophene rings is 1. The smallest absolute Gasteiger partial charge is 0.338 e. The van der Waals surface area contributed by atoms with Gasteiger partial charge in [0.05, 0.1) is 11.1 Å². The van der Waals surface area contributed by atoms with E-state index in [0.717, 1.165) is 4.88 Å². The molecule has 21 heavy (non-hydrogen) atoms. The van der Waals surface area contributed by atoms with Gasteiger partial charge in [0.2, 0.25) is 5.89 Å². The zero-order chi connectivity index (χ0) is 14.8. The van der Waals surface area contributed by atoms with Crippen LogP contribution < -0.4 is 0 Å². The lowest BCUT2D eigenvalue weighted by Gasteiger charge is -1.92. The first-order valence-corrected chi connectivity index (χ1v) is 6.85. The summed E-state index contributed by atoms with van der Waals surface area (Å²) < 4.78 is 5.49. The van der Waals surface area contributed by atoms with E-state index in [0.29, 0.717) is 22.6 Å². The molecule has 0 aliphatic carbocycles. The number of rotatable bonds is 3. The van der Waals surface area contributed by atoms with E-state index < -0.39 is 5.97 Å². The van der Waals surface area contributed by atoms with Crippen molar-refractivity contribution in [2.45, 2.75) is 0 Å². The standard InChI is InChI=1S/C15H8N2O3S/c16-7-9-6-10(21-8-9)4-5-13-17-14-11(15(18)19)2-1-3-12(14)20-13/h1-6,8H,(H,18,19)/b5-4+. The SMILES string of the molecule is N#Cc1csc(/C=C/c2nc3c(C(=O)O)cccc3o2)c1. The van der Waals surface area contributed by atoms with Crippen LogP contribution in [0.1, 0.15) is 26.7 Å². The van der Waals surface area contributed by atoms with E-state index in [4.69, 9.17) is 14.8 Å². The van der Waals surface area contributed by atoms with Crippen molar-refractivity contribution in [3.63, 3.8) is 0 Å². The van der Waals surface area contributed by atoms with Crippen molar-refractivity contribution in [2.75, 3.05) is 0 Å². The molecule has 2 heterocycles. The fourth-order valence-electron chi connectivity index (χ4n) is 1.86. The van der Waals surface area contributed by atoms with E-state index in [1.807, 2.05) is 0 Å². The maximum Gasteiger partial charge on any atom is 0.338 e. The van der Waals surface area contributed by atoms with Crippen LogP contribution in [0.15, 0.2) is 34.1 Å². The van der Waals surface area contributed by atoms with Crippen LogP contribution in [-0.2, 0) is 0 Å². The summed E-state index contributed by atoms with van der Waals surface area (Å²) in [6, 6.07) is 8.59. The topological polar surface area (TPSA) is 87.1 Å². The normalized spacial score (nSPS) is 11.0. The Balaban J connectivity index is 1.96. The van der Waals surface area contributed by atoms with Gasteiger partial charge in [-0.3, -0.25) is 0 Å². The van der Waals surface area contributed by atoms with E-state index in [-0.39, 0.29) is 5.56 Å². The first-order chi connectivity index (χ1) is 10.2. The highest BCUT2D eigenvalue weighted by molar-refractivity contribution is 7.11. The fraction of sp³-hybridized carbons (Fsp3) is 0. The van der Waals surface area contributed by atoms with Gasteiger partial charge in [0.15, 0.2) is 5.58 Å². The molecule has 0 saturated carbocycles. The molecule has 2 aromatic heterocycles. The lowest BCUT2D eigenvalue weighted by molar-refractivity contribution is 0.0699. The van der Waals surface area contributed by atoms with Crippen molar-refractivity contribution in [1.82, 2.24) is 4.98 Å². The second kappa shape index (κ2) is 5.23. The zero-order valence-corrected chi connectivity index (χ0v) is 11.4. The number of nitriles is 1. The molecule has 0 unspecified atom stereocenters. The highest BCUT2D eigenvalue weighted by Gasteiger charge is 2.13. The van der Waals surface area contributed by atoms with Gasteiger partial charge in [-0.05, 0) is 24.3 Å². The molecule has 5 nitrogen and oxygen atoms in total. The summed E-state index contributed by atoms with van der Waals surface area (Å²) in [6.07, 6.45) is 3.43. The Bertz CT molecular complexity index is 899. The lowest BCUT2D eigenvalue weighted by atomic mass is 10.2. The van der Waals surface area contributed by atoms with Crippen molar-refractivity contribution in [3.05, 3.63) is 51.5 Å². The third-order valence-corrected chi connectivity index (χ3v) is 3.70. The number of aromatic nitrogens is 1. The van der Waals surface area contributed by atoms with E-state index in [1.54, 1.807) is 35.7 Å². The van der Waals surface area contributed by atoms with Gasteiger partial charge in [0, 0.05) is 16.3 Å². The van der Waals surface area contributed by atoms with Gasteiger partial charge in [-0.25, -0.2) is 9.78 Å². The fourth-order valence-corrected chi connectivity index (χ4v) is 2.59. The van der Waals surface area contributed by atoms with Gasteiger partial charge >= 0.3 is 5.97 Å². The van der Waals surface area contributed by atoms with Crippen LogP contribution in [0.25, 0.3) is 23.3 Å². The summed E-state index contributed by atoms with van der Waals surface area (Å²) in [5.41, 5.74) is 1.47. The molecule has 0 aliphatic rings. The second-order valence-electron chi connectivity index (χ2n) is 4.19. The number of hydrogen-bond acceptors (Lipinski definition) is 5. The molecule has 1 N–H and O–H groups in total. The first kappa shape index (κ1) is 13.1. The van der Waals surface area contributed by atoms with Crippen LogP contribution in [-0.4, -0.2) is 16.1 Å². The van der Waals surface area contributed by atoms with Crippen molar-refractivity contribution in [1.29, 1.82) is 5.26 Å². The molecule has 0 aliphatic heterocycles. The Labute approximate surface area is 123 Å². The van der Waals surface area contributed by atoms with Crippen LogP contribution >= 0.6 is 11.3 Å². The minimum atomic E-state index is -1.04. The summed E-state index contributed by atoms with van der Waals surface area (Å²) in [5.74, 6) is -0.716. The van der Waals surface area contributed by atoms with Crippen molar-refractivity contribution < 1.29 is 14.3 Å². The Kier molecular flexibility index (Phi) is 3.26. The molecule has 0 saturated heterocycles. The third kappa shape index (κ3) is 2.55.